The number of hydrogen-bond donors (Lipinski definition) is 11. The van der Waals surface area contributed by atoms with Crippen molar-refractivity contribution in [1.29, 1.82) is 0 Å². The van der Waals surface area contributed by atoms with Crippen LogP contribution in [0.2, 0.25) is 0 Å². The molecule has 0 aromatic rings. The highest BCUT2D eigenvalue weighted by atomic mass is 16.8. The van der Waals surface area contributed by atoms with Crippen LogP contribution < -0.4 is 0 Å². The lowest BCUT2D eigenvalue weighted by Crippen LogP contribution is -2.68. The van der Waals surface area contributed by atoms with Crippen molar-refractivity contribution in [3.8, 4) is 0 Å². The Hall–Kier alpha value is -1.43. The number of aliphatic hydroxyl groups is 10. The fourth-order valence-corrected chi connectivity index (χ4v) is 12.1. The van der Waals surface area contributed by atoms with Gasteiger partial charge in [-0.3, -0.25) is 4.79 Å². The van der Waals surface area contributed by atoms with Gasteiger partial charge in [-0.2, -0.15) is 0 Å². The normalized spacial score (nSPS) is 53.7. The largest absolute Gasteiger partial charge is 0.481 e. The molecule has 57 heavy (non-hydrogen) atoms. The molecule has 0 aromatic heterocycles. The molecule has 2 bridgehead atoms. The summed E-state index contributed by atoms with van der Waals surface area (Å²) in [4.78, 5) is 12.7. The first-order valence-corrected chi connectivity index (χ1v) is 19.9. The van der Waals surface area contributed by atoms with Gasteiger partial charge in [-0.25, -0.2) is 0 Å². The second-order valence-corrected chi connectivity index (χ2v) is 18.0. The van der Waals surface area contributed by atoms with Crippen molar-refractivity contribution in [3.63, 3.8) is 0 Å². The molecule has 7 rings (SSSR count). The Labute approximate surface area is 331 Å². The average molecular weight is 821 g/mol. The Balaban J connectivity index is 0.00000549. The highest BCUT2D eigenvalue weighted by Gasteiger charge is 2.69. The molecule has 4 saturated carbocycles. The van der Waals surface area contributed by atoms with Crippen LogP contribution in [0.4, 0.5) is 0 Å². The van der Waals surface area contributed by atoms with Crippen molar-refractivity contribution in [3.05, 3.63) is 12.2 Å². The molecule has 21 atom stereocenters. The van der Waals surface area contributed by atoms with Crippen LogP contribution in [0.25, 0.3) is 0 Å². The van der Waals surface area contributed by atoms with Crippen LogP contribution in [0.3, 0.4) is 0 Å². The maximum atomic E-state index is 12.7. The number of carboxylic acid groups (broad SMARTS) is 1. The number of ether oxygens (including phenoxy) is 6. The van der Waals surface area contributed by atoms with Crippen molar-refractivity contribution < 1.29 is 89.4 Å². The zero-order valence-electron chi connectivity index (χ0n) is 31.8. The third kappa shape index (κ3) is 7.22. The summed E-state index contributed by atoms with van der Waals surface area (Å²) >= 11 is 0. The zero-order valence-corrected chi connectivity index (χ0v) is 31.8. The Bertz CT molecular complexity index is 1450. The smallest absolute Gasteiger partial charge is 0.309 e. The summed E-state index contributed by atoms with van der Waals surface area (Å²) < 4.78 is 36.7. The molecule has 18 nitrogen and oxygen atoms in total. The van der Waals surface area contributed by atoms with Gasteiger partial charge < -0.3 is 84.6 Å². The third-order valence-electron chi connectivity index (χ3n) is 15.0. The number of carboxylic acids is 1. The molecule has 3 aliphatic heterocycles. The van der Waals surface area contributed by atoms with Crippen molar-refractivity contribution >= 4 is 5.97 Å². The number of carbonyl (C=O) groups is 1. The molecule has 17 unspecified atom stereocenters. The second kappa shape index (κ2) is 16.4. The minimum atomic E-state index is -1.91. The maximum Gasteiger partial charge on any atom is 0.309 e. The van der Waals surface area contributed by atoms with Gasteiger partial charge in [0.1, 0.15) is 73.2 Å². The van der Waals surface area contributed by atoms with E-state index in [-0.39, 0.29) is 30.1 Å². The molecule has 7 aliphatic rings. The second-order valence-electron chi connectivity index (χ2n) is 18.0. The van der Waals surface area contributed by atoms with Gasteiger partial charge in [0, 0.05) is 0 Å². The Morgan fingerprint density at radius 3 is 1.74 bits per heavy atom. The van der Waals surface area contributed by atoms with Crippen molar-refractivity contribution in [1.82, 2.24) is 0 Å². The average Bonchev–Trinajstić information content (AvgIpc) is 3.36. The van der Waals surface area contributed by atoms with E-state index in [2.05, 4.69) is 13.5 Å². The van der Waals surface area contributed by atoms with Gasteiger partial charge in [0.25, 0.3) is 0 Å². The summed E-state index contributed by atoms with van der Waals surface area (Å²) in [5.74, 6) is -0.606. The number of aliphatic carboxylic acids is 1. The topological polar surface area (TPSA) is 295 Å². The summed E-state index contributed by atoms with van der Waals surface area (Å²) in [6.07, 6.45) is -19.3. The van der Waals surface area contributed by atoms with Gasteiger partial charge in [-0.1, -0.05) is 27.4 Å². The number of fused-ring (bicyclic) bond motifs is 3. The quantitative estimate of drug-likeness (QED) is 0.0862. The Kier molecular flexibility index (Phi) is 13.0. The molecule has 0 radical (unpaired) electrons. The van der Waals surface area contributed by atoms with Gasteiger partial charge in [-0.15, -0.1) is 0 Å². The van der Waals surface area contributed by atoms with E-state index in [1.165, 1.54) is 0 Å². The van der Waals surface area contributed by atoms with Gasteiger partial charge in [-0.05, 0) is 86.5 Å². The molecular weight excluding hydrogens is 756 g/mol. The number of rotatable bonds is 10. The zero-order chi connectivity index (χ0) is 40.7. The Morgan fingerprint density at radius 1 is 0.684 bits per heavy atom. The van der Waals surface area contributed by atoms with Gasteiger partial charge in [0.15, 0.2) is 18.9 Å². The highest BCUT2D eigenvalue weighted by molar-refractivity contribution is 5.75. The monoisotopic (exact) mass is 820 g/mol. The number of hydrogen-bond acceptors (Lipinski definition) is 17. The van der Waals surface area contributed by atoms with E-state index in [0.29, 0.717) is 32.1 Å². The number of aliphatic hydroxyl groups excluding tert-OH is 10. The van der Waals surface area contributed by atoms with Crippen molar-refractivity contribution in [2.24, 2.45) is 28.1 Å². The standard InChI is InChI=1S/C38H60O18.CH4/c1-16-11-37-9-5-20-35(2,7-4-8-36(20,3)34(49)50)21(37)6-10-38(16,15-37)56-33-30(55-32-28(48)26(46)23(43)18(13-40)52-32)29(24(44)19(14-41)53-33)54-31-27(47)25(45)22(42)17(12-39)51-31;/h17-33,39-48H,1,4-15H2,2-3H3,(H,49,50);1H4/t17?,18?,19?,20?,21-,22?,23?,24?,25?,26?,27?,28?,29?,30?,31?,32?,33?,35+,36+,37+,38?;/m0./s1. The molecule has 0 amide bonds. The first-order valence-electron chi connectivity index (χ1n) is 19.9. The molecule has 3 saturated heterocycles. The molecule has 1 spiro atoms. The van der Waals surface area contributed by atoms with Crippen molar-refractivity contribution in [2.45, 2.75) is 177 Å². The summed E-state index contributed by atoms with van der Waals surface area (Å²) in [5.41, 5.74) is -1.63. The first kappa shape index (κ1) is 45.1. The molecule has 0 aromatic carbocycles. The van der Waals surface area contributed by atoms with Crippen LogP contribution in [-0.4, -0.2) is 180 Å². The lowest BCUT2D eigenvalue weighted by Gasteiger charge is -2.64. The minimum absolute atomic E-state index is 0. The molecule has 328 valence electrons. The van der Waals surface area contributed by atoms with E-state index >= 15 is 0 Å². The third-order valence-corrected chi connectivity index (χ3v) is 15.0. The van der Waals surface area contributed by atoms with Crippen LogP contribution in [0, 0.1) is 28.1 Å². The Morgan fingerprint density at radius 2 is 1.19 bits per heavy atom. The summed E-state index contributed by atoms with van der Waals surface area (Å²) in [6.45, 7) is 6.28. The molecular formula is C39H64O18. The van der Waals surface area contributed by atoms with Gasteiger partial charge in [0.2, 0.25) is 0 Å². The summed E-state index contributed by atoms with van der Waals surface area (Å²) in [7, 11) is 0. The highest BCUT2D eigenvalue weighted by Crippen LogP contribution is 2.73. The summed E-state index contributed by atoms with van der Waals surface area (Å²) in [5, 5.41) is 116. The van der Waals surface area contributed by atoms with E-state index in [4.69, 9.17) is 28.4 Å². The minimum Gasteiger partial charge on any atom is -0.481 e. The molecule has 18 heteroatoms. The van der Waals surface area contributed by atoms with E-state index in [0.717, 1.165) is 31.3 Å². The SMILES string of the molecule is C.C=C1C[C@@]23CCC4[C@](C)(C(=O)O)CCC[C@@]4(C)[C@@H]2CCC1(OC1OC(CO)C(O)C(OC2OC(CO)C(O)C(O)C2O)C1OC1OC(CO)C(O)C(O)C1O)C3. The molecule has 7 fully saturated rings. The van der Waals surface area contributed by atoms with Crippen LogP contribution >= 0.6 is 0 Å². The summed E-state index contributed by atoms with van der Waals surface area (Å²) in [6, 6.07) is 0. The van der Waals surface area contributed by atoms with Crippen LogP contribution in [0.5, 0.6) is 0 Å². The molecule has 11 N–H and O–H groups in total. The van der Waals surface area contributed by atoms with Gasteiger partial charge >= 0.3 is 5.97 Å². The lowest BCUT2D eigenvalue weighted by atomic mass is 9.41. The van der Waals surface area contributed by atoms with Crippen LogP contribution in [0.1, 0.15) is 79.1 Å². The van der Waals surface area contributed by atoms with E-state index in [1.807, 2.05) is 6.92 Å². The van der Waals surface area contributed by atoms with Gasteiger partial charge in [0.05, 0.1) is 30.8 Å². The van der Waals surface area contributed by atoms with Crippen molar-refractivity contribution in [2.75, 3.05) is 19.8 Å². The van der Waals surface area contributed by atoms with E-state index in [1.54, 1.807) is 0 Å². The van der Waals surface area contributed by atoms with Crippen LogP contribution in [-0.2, 0) is 33.2 Å². The fourth-order valence-electron chi connectivity index (χ4n) is 12.1. The fraction of sp³-hybridized carbons (Fsp3) is 0.923. The van der Waals surface area contributed by atoms with Crippen LogP contribution in [0.15, 0.2) is 12.2 Å². The predicted octanol–water partition coefficient (Wildman–Crippen LogP) is -1.74. The molecule has 3 heterocycles. The first-order chi connectivity index (χ1) is 26.4. The maximum absolute atomic E-state index is 12.7. The molecule has 4 aliphatic carbocycles. The lowest BCUT2D eigenvalue weighted by molar-refractivity contribution is -0.400. The predicted molar refractivity (Wildman–Crippen MR) is 194 cm³/mol. The van der Waals surface area contributed by atoms with E-state index < -0.39 is 129 Å². The van der Waals surface area contributed by atoms with E-state index in [9.17, 15) is 61.0 Å².